The molecule has 0 spiro atoms. The summed E-state index contributed by atoms with van der Waals surface area (Å²) >= 11 is -2.59. The van der Waals surface area contributed by atoms with Crippen LogP contribution in [0.25, 0.3) is 22.2 Å². The van der Waals surface area contributed by atoms with Gasteiger partial charge < -0.3 is 0 Å². The second kappa shape index (κ2) is 10.3. The van der Waals surface area contributed by atoms with E-state index in [1.54, 1.807) is 41.1 Å². The zero-order valence-corrected chi connectivity index (χ0v) is 25.9. The van der Waals surface area contributed by atoms with Gasteiger partial charge in [-0.25, -0.2) is 0 Å². The van der Waals surface area contributed by atoms with Crippen LogP contribution in [-0.2, 0) is 0 Å². The SMILES string of the molecule is CCC[CH2][Sn]([CH2]CCC)([CH2]CCC)[CH]1c2ccccc2-c2c1c1ccccc1n2[Si](C)(C)C. The standard InChI is InChI=1S/C18H18NSi.3C4H9.Sn/c1-20(2,3)19-17-11-7-6-10-15(17)16-12-13-8-4-5-9-14(13)18(16)19;3*1-3-4-2;/h4-12H,1-3H3;3*1,3-4H2,2H3;. The van der Waals surface area contributed by atoms with E-state index in [2.05, 4.69) is 93.2 Å². The van der Waals surface area contributed by atoms with E-state index in [1.807, 2.05) is 0 Å². The predicted octanol–water partition coefficient (Wildman–Crippen LogP) is 9.82. The molecular weight excluding hydrogens is 521 g/mol. The molecule has 1 nitrogen and oxygen atoms in total. The van der Waals surface area contributed by atoms with E-state index >= 15 is 0 Å². The summed E-state index contributed by atoms with van der Waals surface area (Å²) in [5.41, 5.74) is 8.15. The summed E-state index contributed by atoms with van der Waals surface area (Å²) in [6.07, 6.45) is 8.33. The quantitative estimate of drug-likeness (QED) is 0.204. The average Bonchev–Trinajstić information content (AvgIpc) is 3.32. The summed E-state index contributed by atoms with van der Waals surface area (Å²) in [5, 5.41) is 1.57. The molecule has 2 aromatic carbocycles. The molecule has 0 aliphatic heterocycles. The van der Waals surface area contributed by atoms with E-state index in [0.29, 0.717) is 0 Å². The van der Waals surface area contributed by atoms with Gasteiger partial charge in [-0.05, 0) is 0 Å². The number of hydrogen-bond donors (Lipinski definition) is 0. The average molecular weight is 566 g/mol. The molecule has 1 atom stereocenters. The molecule has 1 heterocycles. The van der Waals surface area contributed by atoms with E-state index in [-0.39, 0.29) is 0 Å². The fourth-order valence-electron chi connectivity index (χ4n) is 6.67. The molecule has 0 N–H and O–H groups in total. The number of rotatable bonds is 11. The van der Waals surface area contributed by atoms with Crippen LogP contribution >= 0.6 is 0 Å². The molecule has 0 radical (unpaired) electrons. The van der Waals surface area contributed by atoms with Gasteiger partial charge in [0.15, 0.2) is 0 Å². The van der Waals surface area contributed by atoms with Crippen molar-refractivity contribution in [2.45, 2.75) is 96.2 Å². The minimum atomic E-state index is -2.59. The predicted molar refractivity (Wildman–Crippen MR) is 153 cm³/mol. The van der Waals surface area contributed by atoms with Crippen LogP contribution in [-0.4, -0.2) is 30.8 Å². The fourth-order valence-corrected chi connectivity index (χ4v) is 27.4. The van der Waals surface area contributed by atoms with Crippen molar-refractivity contribution in [3.05, 3.63) is 59.7 Å². The van der Waals surface area contributed by atoms with Crippen LogP contribution in [0.15, 0.2) is 48.5 Å². The molecule has 0 fully saturated rings. The van der Waals surface area contributed by atoms with E-state index in [9.17, 15) is 0 Å². The number of nitrogens with zero attached hydrogens (tertiary/aromatic N) is 1. The molecule has 1 aromatic heterocycles. The third-order valence-electron chi connectivity index (χ3n) is 8.10. The molecular formula is C30H45NSiSn. The Balaban J connectivity index is 2.05. The maximum atomic E-state index is 2.83. The van der Waals surface area contributed by atoms with Gasteiger partial charge in [0.05, 0.1) is 0 Å². The number of para-hydroxylation sites is 1. The number of unbranched alkanes of at least 4 members (excludes halogenated alkanes) is 3. The summed E-state index contributed by atoms with van der Waals surface area (Å²) in [6, 6.07) is 19.0. The van der Waals surface area contributed by atoms with E-state index in [0.717, 1.165) is 3.93 Å². The Labute approximate surface area is 208 Å². The van der Waals surface area contributed by atoms with E-state index in [1.165, 1.54) is 44.0 Å². The molecule has 0 amide bonds. The van der Waals surface area contributed by atoms with Crippen molar-refractivity contribution in [2.75, 3.05) is 0 Å². The summed E-state index contributed by atoms with van der Waals surface area (Å²) in [6.45, 7) is 14.8. The molecule has 0 saturated carbocycles. The number of fused-ring (bicyclic) bond motifs is 5. The Kier molecular flexibility index (Phi) is 7.85. The maximum absolute atomic E-state index is 2.83. The number of benzene rings is 2. The van der Waals surface area contributed by atoms with Gasteiger partial charge >= 0.3 is 209 Å². The molecule has 3 heteroatoms. The molecule has 0 saturated heterocycles. The van der Waals surface area contributed by atoms with Gasteiger partial charge in [-0.2, -0.15) is 0 Å². The van der Waals surface area contributed by atoms with E-state index in [4.69, 9.17) is 0 Å². The van der Waals surface area contributed by atoms with Gasteiger partial charge in [-0.1, -0.05) is 0 Å². The third kappa shape index (κ3) is 4.51. The molecule has 1 aliphatic carbocycles. The first-order chi connectivity index (χ1) is 15.9. The normalized spacial score (nSPS) is 15.8. The van der Waals surface area contributed by atoms with Gasteiger partial charge in [-0.15, -0.1) is 0 Å². The minimum absolute atomic E-state index is 0.734. The van der Waals surface area contributed by atoms with Gasteiger partial charge in [0.1, 0.15) is 0 Å². The Hall–Kier alpha value is -1.00. The van der Waals surface area contributed by atoms with Crippen molar-refractivity contribution in [3.8, 4) is 11.3 Å². The Morgan fingerprint density at radius 2 is 1.30 bits per heavy atom. The van der Waals surface area contributed by atoms with Crippen LogP contribution < -0.4 is 0 Å². The number of aromatic nitrogens is 1. The topological polar surface area (TPSA) is 4.93 Å². The third-order valence-corrected chi connectivity index (χ3v) is 26.7. The summed E-state index contributed by atoms with van der Waals surface area (Å²) in [7, 11) is -1.60. The monoisotopic (exact) mass is 567 g/mol. The first kappa shape index (κ1) is 25.1. The first-order valence-corrected chi connectivity index (χ1v) is 24.8. The molecule has 1 aliphatic rings. The molecule has 33 heavy (non-hydrogen) atoms. The van der Waals surface area contributed by atoms with Crippen LogP contribution in [0.5, 0.6) is 0 Å². The molecule has 1 unspecified atom stereocenters. The van der Waals surface area contributed by atoms with Crippen molar-refractivity contribution in [3.63, 3.8) is 0 Å². The second-order valence-corrected chi connectivity index (χ2v) is 30.0. The summed E-state index contributed by atoms with van der Waals surface area (Å²) in [4.78, 5) is 0. The zero-order valence-electron chi connectivity index (χ0n) is 22.0. The van der Waals surface area contributed by atoms with Crippen molar-refractivity contribution in [1.29, 1.82) is 0 Å². The van der Waals surface area contributed by atoms with Crippen LogP contribution in [0.2, 0.25) is 33.0 Å². The molecule has 178 valence electrons. The van der Waals surface area contributed by atoms with Gasteiger partial charge in [0.2, 0.25) is 0 Å². The van der Waals surface area contributed by atoms with Gasteiger partial charge in [-0.3, -0.25) is 0 Å². The molecule has 3 aromatic rings. The summed E-state index contributed by atoms with van der Waals surface area (Å²) in [5.74, 6) is 0. The zero-order chi connectivity index (χ0) is 23.6. The van der Waals surface area contributed by atoms with Crippen molar-refractivity contribution < 1.29 is 0 Å². The number of hydrogen-bond acceptors (Lipinski definition) is 0. The summed E-state index contributed by atoms with van der Waals surface area (Å²) < 4.78 is 8.26. The Morgan fingerprint density at radius 3 is 1.88 bits per heavy atom. The van der Waals surface area contributed by atoms with Crippen LogP contribution in [0, 0.1) is 0 Å². The van der Waals surface area contributed by atoms with Crippen molar-refractivity contribution >= 4 is 37.5 Å². The van der Waals surface area contributed by atoms with Crippen LogP contribution in [0.1, 0.15) is 74.4 Å². The van der Waals surface area contributed by atoms with Crippen molar-refractivity contribution in [2.24, 2.45) is 0 Å². The van der Waals surface area contributed by atoms with Crippen LogP contribution in [0.4, 0.5) is 0 Å². The van der Waals surface area contributed by atoms with Crippen LogP contribution in [0.3, 0.4) is 0 Å². The first-order valence-electron chi connectivity index (χ1n) is 13.6. The van der Waals surface area contributed by atoms with Gasteiger partial charge in [0.25, 0.3) is 0 Å². The fraction of sp³-hybridized carbons (Fsp3) is 0.533. The Bertz CT molecular complexity index is 1070. The second-order valence-electron chi connectivity index (χ2n) is 11.5. The van der Waals surface area contributed by atoms with E-state index < -0.39 is 26.6 Å². The Morgan fingerprint density at radius 1 is 0.758 bits per heavy atom. The molecule has 0 bridgehead atoms. The van der Waals surface area contributed by atoms with Crippen molar-refractivity contribution in [1.82, 2.24) is 4.23 Å². The molecule has 4 rings (SSSR count). The van der Waals surface area contributed by atoms with Gasteiger partial charge in [0, 0.05) is 0 Å².